The van der Waals surface area contributed by atoms with Crippen LogP contribution in [0.15, 0.2) is 58.3 Å². The molecule has 0 aliphatic heterocycles. The molecular formula is C16H14N2O3S3. The Labute approximate surface area is 147 Å². The maximum atomic E-state index is 12.3. The van der Waals surface area contributed by atoms with E-state index >= 15 is 0 Å². The van der Waals surface area contributed by atoms with Gasteiger partial charge in [-0.05, 0) is 29.6 Å². The number of rotatable bonds is 4. The molecule has 3 aromatic rings. The first-order valence-corrected chi connectivity index (χ1v) is 10.6. The zero-order valence-corrected chi connectivity index (χ0v) is 15.2. The Morgan fingerprint density at radius 1 is 1.38 bits per heavy atom. The molecule has 0 spiro atoms. The number of carbonyl (C=O) groups is 1. The van der Waals surface area contributed by atoms with E-state index in [4.69, 9.17) is 0 Å². The summed E-state index contributed by atoms with van der Waals surface area (Å²) in [5.74, 6) is -0.308. The summed E-state index contributed by atoms with van der Waals surface area (Å²) in [5, 5.41) is 1.82. The van der Waals surface area contributed by atoms with Crippen molar-refractivity contribution in [2.75, 3.05) is 6.26 Å². The molecule has 0 saturated carbocycles. The van der Waals surface area contributed by atoms with E-state index in [1.165, 1.54) is 28.9 Å². The summed E-state index contributed by atoms with van der Waals surface area (Å²) >= 11 is 2.62. The lowest BCUT2D eigenvalue weighted by molar-refractivity contribution is 0.100. The predicted octanol–water partition coefficient (Wildman–Crippen LogP) is 3.09. The van der Waals surface area contributed by atoms with Crippen molar-refractivity contribution in [1.82, 2.24) is 4.57 Å². The fourth-order valence-corrected chi connectivity index (χ4v) is 4.62. The minimum atomic E-state index is -3.29. The van der Waals surface area contributed by atoms with Gasteiger partial charge in [0.15, 0.2) is 14.6 Å². The van der Waals surface area contributed by atoms with Crippen molar-refractivity contribution >= 4 is 48.6 Å². The zero-order chi connectivity index (χ0) is 17.3. The lowest BCUT2D eigenvalue weighted by atomic mass is 10.3. The molecule has 2 aromatic heterocycles. The van der Waals surface area contributed by atoms with Gasteiger partial charge in [-0.2, -0.15) is 4.99 Å². The molecule has 24 heavy (non-hydrogen) atoms. The van der Waals surface area contributed by atoms with E-state index in [9.17, 15) is 13.2 Å². The Balaban J connectivity index is 2.21. The molecule has 0 bridgehead atoms. The number of nitrogens with zero attached hydrogens (tertiary/aromatic N) is 2. The first-order valence-electron chi connectivity index (χ1n) is 6.97. The number of aromatic nitrogens is 1. The minimum absolute atomic E-state index is 0.248. The van der Waals surface area contributed by atoms with Gasteiger partial charge in [-0.15, -0.1) is 17.9 Å². The van der Waals surface area contributed by atoms with E-state index < -0.39 is 9.84 Å². The number of sulfone groups is 1. The summed E-state index contributed by atoms with van der Waals surface area (Å²) < 4.78 is 26.1. The lowest BCUT2D eigenvalue weighted by Gasteiger charge is -2.02. The minimum Gasteiger partial charge on any atom is -0.312 e. The molecule has 0 saturated heterocycles. The molecule has 0 fully saturated rings. The molecule has 124 valence electrons. The van der Waals surface area contributed by atoms with Gasteiger partial charge in [-0.3, -0.25) is 4.79 Å². The maximum Gasteiger partial charge on any atom is 0.289 e. The summed E-state index contributed by atoms with van der Waals surface area (Å²) in [7, 11) is -3.29. The van der Waals surface area contributed by atoms with Crippen LogP contribution >= 0.6 is 22.7 Å². The Bertz CT molecular complexity index is 1090. The van der Waals surface area contributed by atoms with Gasteiger partial charge in [0.1, 0.15) is 0 Å². The topological polar surface area (TPSA) is 68.5 Å². The second-order valence-corrected chi connectivity index (χ2v) is 9.05. The third kappa shape index (κ3) is 3.26. The highest BCUT2D eigenvalue weighted by molar-refractivity contribution is 7.90. The van der Waals surface area contributed by atoms with E-state index in [1.807, 2.05) is 9.95 Å². The predicted molar refractivity (Wildman–Crippen MR) is 97.3 cm³/mol. The summed E-state index contributed by atoms with van der Waals surface area (Å²) in [4.78, 5) is 17.8. The van der Waals surface area contributed by atoms with Crippen LogP contribution in [0.1, 0.15) is 9.67 Å². The number of allylic oxidation sites excluding steroid dienone is 1. The van der Waals surface area contributed by atoms with Gasteiger partial charge in [0.25, 0.3) is 5.91 Å². The number of carbonyl (C=O) groups excluding carboxylic acids is 1. The molecule has 1 amide bonds. The van der Waals surface area contributed by atoms with Crippen LogP contribution in [-0.2, 0) is 16.4 Å². The molecule has 0 atom stereocenters. The number of hydrogen-bond acceptors (Lipinski definition) is 5. The van der Waals surface area contributed by atoms with Crippen LogP contribution in [0.2, 0.25) is 0 Å². The number of thiazole rings is 1. The number of hydrogen-bond donors (Lipinski definition) is 0. The van der Waals surface area contributed by atoms with Crippen molar-refractivity contribution in [3.05, 3.63) is 58.0 Å². The molecule has 5 nitrogen and oxygen atoms in total. The van der Waals surface area contributed by atoms with Crippen LogP contribution in [-0.4, -0.2) is 25.1 Å². The average Bonchev–Trinajstić information content (AvgIpc) is 3.15. The highest BCUT2D eigenvalue weighted by Gasteiger charge is 2.13. The standard InChI is InChI=1S/C16H14N2O3S3/c1-3-8-18-12-7-6-11(24(2,20)21)10-14(12)23-16(18)17-15(19)13-5-4-9-22-13/h3-7,9-10H,1,8H2,2H3. The Morgan fingerprint density at radius 2 is 2.17 bits per heavy atom. The number of fused-ring (bicyclic) bond motifs is 1. The maximum absolute atomic E-state index is 12.3. The van der Waals surface area contributed by atoms with Crippen molar-refractivity contribution in [2.24, 2.45) is 4.99 Å². The van der Waals surface area contributed by atoms with E-state index in [0.717, 1.165) is 10.2 Å². The summed E-state index contributed by atoms with van der Waals surface area (Å²) in [6.07, 6.45) is 2.89. The molecule has 0 unspecified atom stereocenters. The normalized spacial score (nSPS) is 12.6. The number of thiophene rings is 1. The molecule has 2 heterocycles. The smallest absolute Gasteiger partial charge is 0.289 e. The largest absolute Gasteiger partial charge is 0.312 e. The highest BCUT2D eigenvalue weighted by Crippen LogP contribution is 2.22. The van der Waals surface area contributed by atoms with E-state index in [0.29, 0.717) is 16.2 Å². The molecule has 0 radical (unpaired) electrons. The van der Waals surface area contributed by atoms with Gasteiger partial charge >= 0.3 is 0 Å². The third-order valence-electron chi connectivity index (χ3n) is 3.32. The van der Waals surface area contributed by atoms with Crippen LogP contribution in [0.3, 0.4) is 0 Å². The molecule has 3 rings (SSSR count). The SMILES string of the molecule is C=CCn1c(=NC(=O)c2cccs2)sc2cc(S(C)(=O)=O)ccc21. The van der Waals surface area contributed by atoms with Crippen molar-refractivity contribution in [3.63, 3.8) is 0 Å². The van der Waals surface area contributed by atoms with E-state index in [1.54, 1.807) is 36.4 Å². The first kappa shape index (κ1) is 16.8. The van der Waals surface area contributed by atoms with E-state index in [2.05, 4.69) is 11.6 Å². The fraction of sp³-hybridized carbons (Fsp3) is 0.125. The van der Waals surface area contributed by atoms with Crippen LogP contribution in [0.5, 0.6) is 0 Å². The molecule has 1 aromatic carbocycles. The second kappa shape index (κ2) is 6.46. The number of amides is 1. The van der Waals surface area contributed by atoms with Gasteiger partial charge < -0.3 is 4.57 Å². The van der Waals surface area contributed by atoms with Crippen molar-refractivity contribution < 1.29 is 13.2 Å². The van der Waals surface area contributed by atoms with Crippen LogP contribution in [0.4, 0.5) is 0 Å². The van der Waals surface area contributed by atoms with Crippen molar-refractivity contribution in [1.29, 1.82) is 0 Å². The average molecular weight is 379 g/mol. The van der Waals surface area contributed by atoms with Crippen LogP contribution in [0, 0.1) is 0 Å². The highest BCUT2D eigenvalue weighted by atomic mass is 32.2. The second-order valence-electron chi connectivity index (χ2n) is 5.08. The number of benzene rings is 1. The molecular weight excluding hydrogens is 364 g/mol. The summed E-state index contributed by atoms with van der Waals surface area (Å²) in [6, 6.07) is 8.44. The van der Waals surface area contributed by atoms with Gasteiger partial charge in [-0.25, -0.2) is 8.42 Å². The molecule has 0 aliphatic carbocycles. The Morgan fingerprint density at radius 3 is 2.79 bits per heavy atom. The summed E-state index contributed by atoms with van der Waals surface area (Å²) in [5.41, 5.74) is 0.824. The fourth-order valence-electron chi connectivity index (χ4n) is 2.22. The summed E-state index contributed by atoms with van der Waals surface area (Å²) in [6.45, 7) is 4.21. The van der Waals surface area contributed by atoms with Crippen LogP contribution < -0.4 is 4.80 Å². The molecule has 0 N–H and O–H groups in total. The van der Waals surface area contributed by atoms with Crippen molar-refractivity contribution in [3.8, 4) is 0 Å². The Kier molecular flexibility index (Phi) is 4.53. The van der Waals surface area contributed by atoms with Gasteiger partial charge in [0.05, 0.1) is 20.0 Å². The molecule has 8 heteroatoms. The van der Waals surface area contributed by atoms with Gasteiger partial charge in [-0.1, -0.05) is 23.5 Å². The third-order valence-corrected chi connectivity index (χ3v) is 6.33. The van der Waals surface area contributed by atoms with Crippen molar-refractivity contribution in [2.45, 2.75) is 11.4 Å². The lowest BCUT2D eigenvalue weighted by Crippen LogP contribution is -2.15. The first-order chi connectivity index (χ1) is 11.4. The monoisotopic (exact) mass is 378 g/mol. The van der Waals surface area contributed by atoms with E-state index in [-0.39, 0.29) is 10.8 Å². The van der Waals surface area contributed by atoms with Gasteiger partial charge in [0.2, 0.25) is 0 Å². The zero-order valence-electron chi connectivity index (χ0n) is 12.8. The van der Waals surface area contributed by atoms with Crippen LogP contribution in [0.25, 0.3) is 10.2 Å². The van der Waals surface area contributed by atoms with Gasteiger partial charge in [0, 0.05) is 12.8 Å². The Hall–Kier alpha value is -2.03. The molecule has 0 aliphatic rings. The quantitative estimate of drug-likeness (QED) is 0.655.